The second kappa shape index (κ2) is 5.82. The van der Waals surface area contributed by atoms with Crippen LogP contribution in [0.5, 0.6) is 0 Å². The summed E-state index contributed by atoms with van der Waals surface area (Å²) in [7, 11) is 1.75. The predicted octanol–water partition coefficient (Wildman–Crippen LogP) is 2.44. The lowest BCUT2D eigenvalue weighted by Crippen LogP contribution is -2.28. The van der Waals surface area contributed by atoms with Gasteiger partial charge in [0.15, 0.2) is 0 Å². The van der Waals surface area contributed by atoms with Gasteiger partial charge in [0.05, 0.1) is 18.9 Å². The monoisotopic (exact) mass is 232 g/mol. The van der Waals surface area contributed by atoms with Crippen LogP contribution in [0.3, 0.4) is 0 Å². The molecule has 0 radical (unpaired) electrons. The highest BCUT2D eigenvalue weighted by Crippen LogP contribution is 2.17. The van der Waals surface area contributed by atoms with Crippen molar-refractivity contribution in [2.75, 3.05) is 20.3 Å². The number of benzene rings is 1. The molecular weight excluding hydrogens is 212 g/mol. The summed E-state index contributed by atoms with van der Waals surface area (Å²) in [6, 6.07) is 8.86. The van der Waals surface area contributed by atoms with Crippen LogP contribution < -0.4 is 0 Å². The average molecular weight is 232 g/mol. The van der Waals surface area contributed by atoms with Crippen LogP contribution in [0.4, 0.5) is 0 Å². The summed E-state index contributed by atoms with van der Waals surface area (Å²) in [4.78, 5) is 0. The van der Waals surface area contributed by atoms with Crippen LogP contribution in [-0.2, 0) is 4.74 Å². The minimum Gasteiger partial charge on any atom is -0.382 e. The summed E-state index contributed by atoms with van der Waals surface area (Å²) < 4.78 is 5.21. The fraction of sp³-hybridized carbons (Fsp3) is 0.500. The Bertz CT molecular complexity index is 372. The number of ether oxygens (including phenoxy) is 1. The van der Waals surface area contributed by atoms with Gasteiger partial charge in [-0.05, 0) is 25.3 Å². The van der Waals surface area contributed by atoms with Crippen LogP contribution in [-0.4, -0.2) is 37.5 Å². The molecule has 1 saturated heterocycles. The first-order valence-corrected chi connectivity index (χ1v) is 6.16. The third-order valence-electron chi connectivity index (χ3n) is 3.14. The molecule has 0 aliphatic carbocycles. The molecule has 92 valence electrons. The molecule has 1 atom stereocenters. The highest BCUT2D eigenvalue weighted by Gasteiger charge is 2.22. The molecule has 1 aliphatic rings. The molecule has 0 N–H and O–H groups in total. The number of rotatable bonds is 4. The SMILES string of the molecule is COC[C@@H]1CCCN1/N=C/c1ccc(C)cc1. The highest BCUT2D eigenvalue weighted by atomic mass is 16.5. The average Bonchev–Trinajstić information content (AvgIpc) is 2.77. The van der Waals surface area contributed by atoms with E-state index >= 15 is 0 Å². The predicted molar refractivity (Wildman–Crippen MR) is 70.4 cm³/mol. The quantitative estimate of drug-likeness (QED) is 0.745. The molecule has 0 aromatic heterocycles. The lowest BCUT2D eigenvalue weighted by atomic mass is 10.2. The molecule has 0 unspecified atom stereocenters. The number of aryl methyl sites for hydroxylation is 1. The van der Waals surface area contributed by atoms with E-state index in [-0.39, 0.29) is 0 Å². The van der Waals surface area contributed by atoms with Gasteiger partial charge in [0, 0.05) is 13.7 Å². The molecule has 1 aromatic rings. The van der Waals surface area contributed by atoms with Crippen molar-refractivity contribution < 1.29 is 4.74 Å². The Morgan fingerprint density at radius 3 is 2.88 bits per heavy atom. The van der Waals surface area contributed by atoms with Crippen LogP contribution in [0.15, 0.2) is 29.4 Å². The molecule has 1 aliphatic heterocycles. The first-order valence-electron chi connectivity index (χ1n) is 6.16. The largest absolute Gasteiger partial charge is 0.382 e. The minimum absolute atomic E-state index is 0.446. The molecule has 1 aromatic carbocycles. The molecule has 0 bridgehead atoms. The van der Waals surface area contributed by atoms with Gasteiger partial charge in [-0.15, -0.1) is 0 Å². The maximum Gasteiger partial charge on any atom is 0.0704 e. The van der Waals surface area contributed by atoms with Gasteiger partial charge in [0.2, 0.25) is 0 Å². The van der Waals surface area contributed by atoms with Crippen molar-refractivity contribution >= 4 is 6.21 Å². The van der Waals surface area contributed by atoms with Crippen molar-refractivity contribution in [2.24, 2.45) is 5.10 Å². The van der Waals surface area contributed by atoms with Gasteiger partial charge in [0.1, 0.15) is 0 Å². The van der Waals surface area contributed by atoms with Crippen LogP contribution >= 0.6 is 0 Å². The fourth-order valence-corrected chi connectivity index (χ4v) is 2.13. The summed E-state index contributed by atoms with van der Waals surface area (Å²) in [5.74, 6) is 0. The smallest absolute Gasteiger partial charge is 0.0704 e. The zero-order valence-corrected chi connectivity index (χ0v) is 10.6. The van der Waals surface area contributed by atoms with Crippen LogP contribution in [0.1, 0.15) is 24.0 Å². The molecule has 1 fully saturated rings. The molecule has 2 rings (SSSR count). The van der Waals surface area contributed by atoms with Gasteiger partial charge in [-0.3, -0.25) is 5.01 Å². The second-order valence-electron chi connectivity index (χ2n) is 4.57. The van der Waals surface area contributed by atoms with Crippen molar-refractivity contribution in [3.05, 3.63) is 35.4 Å². The van der Waals surface area contributed by atoms with Gasteiger partial charge in [-0.2, -0.15) is 5.10 Å². The zero-order valence-electron chi connectivity index (χ0n) is 10.6. The Labute approximate surface area is 103 Å². The van der Waals surface area contributed by atoms with E-state index in [1.165, 1.54) is 18.4 Å². The van der Waals surface area contributed by atoms with Gasteiger partial charge in [0.25, 0.3) is 0 Å². The normalized spacial score (nSPS) is 20.4. The zero-order chi connectivity index (χ0) is 12.1. The van der Waals surface area contributed by atoms with Crippen molar-refractivity contribution in [3.8, 4) is 0 Å². The summed E-state index contributed by atoms with van der Waals surface area (Å²) in [5, 5.41) is 6.69. The fourth-order valence-electron chi connectivity index (χ4n) is 2.13. The van der Waals surface area contributed by atoms with Crippen LogP contribution in [0.2, 0.25) is 0 Å². The van der Waals surface area contributed by atoms with Gasteiger partial charge >= 0.3 is 0 Å². The molecule has 0 amide bonds. The standard InChI is InChI=1S/C14H20N2O/c1-12-5-7-13(8-6-12)10-15-16-9-3-4-14(16)11-17-2/h5-8,10,14H,3-4,9,11H2,1-2H3/b15-10+/t14-/m0/s1. The van der Waals surface area contributed by atoms with E-state index in [4.69, 9.17) is 4.74 Å². The summed E-state index contributed by atoms with van der Waals surface area (Å²) >= 11 is 0. The first kappa shape index (κ1) is 12.1. The molecular formula is C14H20N2O. The van der Waals surface area contributed by atoms with Gasteiger partial charge in [-0.25, -0.2) is 0 Å². The number of hydrogen-bond donors (Lipinski definition) is 0. The molecule has 3 heteroatoms. The Balaban J connectivity index is 1.97. The van der Waals surface area contributed by atoms with Crippen molar-refractivity contribution in [3.63, 3.8) is 0 Å². The van der Waals surface area contributed by atoms with E-state index in [1.807, 2.05) is 6.21 Å². The van der Waals surface area contributed by atoms with E-state index in [0.29, 0.717) is 6.04 Å². The van der Waals surface area contributed by atoms with Crippen LogP contribution in [0.25, 0.3) is 0 Å². The molecule has 0 spiro atoms. The van der Waals surface area contributed by atoms with E-state index in [2.05, 4.69) is 41.3 Å². The number of hydrogen-bond acceptors (Lipinski definition) is 3. The van der Waals surface area contributed by atoms with Crippen molar-refractivity contribution in [1.29, 1.82) is 0 Å². The van der Waals surface area contributed by atoms with Gasteiger partial charge in [-0.1, -0.05) is 29.8 Å². The Morgan fingerprint density at radius 1 is 1.41 bits per heavy atom. The van der Waals surface area contributed by atoms with E-state index in [0.717, 1.165) is 18.7 Å². The minimum atomic E-state index is 0.446. The lowest BCUT2D eigenvalue weighted by molar-refractivity contribution is 0.118. The Hall–Kier alpha value is -1.35. The Kier molecular flexibility index (Phi) is 4.15. The maximum absolute atomic E-state index is 5.21. The van der Waals surface area contributed by atoms with Crippen molar-refractivity contribution in [1.82, 2.24) is 5.01 Å². The van der Waals surface area contributed by atoms with Crippen molar-refractivity contribution in [2.45, 2.75) is 25.8 Å². The number of methoxy groups -OCH3 is 1. The molecule has 3 nitrogen and oxygen atoms in total. The molecule has 1 heterocycles. The second-order valence-corrected chi connectivity index (χ2v) is 4.57. The Morgan fingerprint density at radius 2 is 2.18 bits per heavy atom. The third kappa shape index (κ3) is 3.30. The maximum atomic E-state index is 5.21. The lowest BCUT2D eigenvalue weighted by Gasteiger charge is -2.20. The van der Waals surface area contributed by atoms with Crippen LogP contribution in [0, 0.1) is 6.92 Å². The van der Waals surface area contributed by atoms with E-state index in [9.17, 15) is 0 Å². The van der Waals surface area contributed by atoms with E-state index < -0.39 is 0 Å². The summed E-state index contributed by atoms with van der Waals surface area (Å²) in [5.41, 5.74) is 2.43. The summed E-state index contributed by atoms with van der Waals surface area (Å²) in [6.07, 6.45) is 4.33. The van der Waals surface area contributed by atoms with E-state index in [1.54, 1.807) is 7.11 Å². The summed E-state index contributed by atoms with van der Waals surface area (Å²) in [6.45, 7) is 3.90. The number of nitrogens with zero attached hydrogens (tertiary/aromatic N) is 2. The number of hydrazone groups is 1. The third-order valence-corrected chi connectivity index (χ3v) is 3.14. The first-order chi connectivity index (χ1) is 8.29. The molecule has 17 heavy (non-hydrogen) atoms. The topological polar surface area (TPSA) is 24.8 Å². The highest BCUT2D eigenvalue weighted by molar-refractivity contribution is 5.79. The van der Waals surface area contributed by atoms with Gasteiger partial charge < -0.3 is 4.74 Å². The molecule has 0 saturated carbocycles.